The van der Waals surface area contributed by atoms with Gasteiger partial charge in [-0.05, 0) is 54.3 Å². The number of carbonyl (C=O) groups is 1. The van der Waals surface area contributed by atoms with Crippen LogP contribution in [0.1, 0.15) is 41.4 Å². The largest absolute Gasteiger partial charge is 0.334 e. The molecular weight excluding hydrogens is 353 g/mol. The Kier molecular flexibility index (Phi) is 5.42. The molecule has 2 aromatic heterocycles. The van der Waals surface area contributed by atoms with Gasteiger partial charge in [-0.15, -0.1) is 0 Å². The minimum absolute atomic E-state index is 0.0114. The van der Waals surface area contributed by atoms with Crippen LogP contribution in [0.5, 0.6) is 0 Å². The van der Waals surface area contributed by atoms with Gasteiger partial charge in [0.2, 0.25) is 5.91 Å². The van der Waals surface area contributed by atoms with Crippen molar-refractivity contribution in [2.75, 3.05) is 6.54 Å². The molecule has 1 aromatic carbocycles. The van der Waals surface area contributed by atoms with Gasteiger partial charge < -0.3 is 4.90 Å². The van der Waals surface area contributed by atoms with Crippen LogP contribution in [-0.4, -0.2) is 27.3 Å². The number of hydrogen-bond acceptors (Lipinski definition) is 3. The number of carbonyl (C=O) groups excluding carboxylic acids is 1. The van der Waals surface area contributed by atoms with Gasteiger partial charge in [-0.3, -0.25) is 14.8 Å². The van der Waals surface area contributed by atoms with Crippen molar-refractivity contribution in [2.24, 2.45) is 0 Å². The third kappa shape index (κ3) is 4.25. The molecule has 5 heteroatoms. The van der Waals surface area contributed by atoms with Crippen LogP contribution in [0, 0.1) is 5.82 Å². The van der Waals surface area contributed by atoms with Crippen molar-refractivity contribution in [1.82, 2.24) is 14.9 Å². The van der Waals surface area contributed by atoms with Crippen LogP contribution in [0.3, 0.4) is 0 Å². The summed E-state index contributed by atoms with van der Waals surface area (Å²) in [4.78, 5) is 23.7. The van der Waals surface area contributed by atoms with Gasteiger partial charge >= 0.3 is 0 Å². The molecule has 0 aliphatic carbocycles. The summed E-state index contributed by atoms with van der Waals surface area (Å²) in [5.41, 5.74) is 3.80. The molecular formula is C23H22FN3O. The molecule has 1 amide bonds. The lowest BCUT2D eigenvalue weighted by atomic mass is 10.1. The molecule has 0 N–H and O–H groups in total. The fraction of sp³-hybridized carbons (Fsp3) is 0.261. The van der Waals surface area contributed by atoms with E-state index in [1.54, 1.807) is 24.5 Å². The lowest BCUT2D eigenvalue weighted by Gasteiger charge is -2.25. The summed E-state index contributed by atoms with van der Waals surface area (Å²) in [5.74, 6) is -0.125. The summed E-state index contributed by atoms with van der Waals surface area (Å²) in [5, 5.41) is 0. The summed E-state index contributed by atoms with van der Waals surface area (Å²) >= 11 is 0. The summed E-state index contributed by atoms with van der Waals surface area (Å²) in [7, 11) is 0. The molecule has 28 heavy (non-hydrogen) atoms. The quantitative estimate of drug-likeness (QED) is 0.674. The van der Waals surface area contributed by atoms with E-state index in [1.807, 2.05) is 35.2 Å². The Balaban J connectivity index is 1.49. The molecule has 1 aliphatic rings. The first kappa shape index (κ1) is 18.3. The highest BCUT2D eigenvalue weighted by molar-refractivity contribution is 5.79. The van der Waals surface area contributed by atoms with Crippen molar-refractivity contribution < 1.29 is 9.18 Å². The summed E-state index contributed by atoms with van der Waals surface area (Å²) in [6.07, 6.45) is 6.36. The maximum Gasteiger partial charge on any atom is 0.227 e. The van der Waals surface area contributed by atoms with E-state index >= 15 is 0 Å². The molecule has 0 spiro atoms. The second-order valence-corrected chi connectivity index (χ2v) is 7.14. The minimum Gasteiger partial charge on any atom is -0.334 e. The zero-order valence-electron chi connectivity index (χ0n) is 15.6. The van der Waals surface area contributed by atoms with Gasteiger partial charge in [-0.2, -0.15) is 0 Å². The third-order valence-electron chi connectivity index (χ3n) is 5.12. The zero-order chi connectivity index (χ0) is 19.3. The van der Waals surface area contributed by atoms with Crippen LogP contribution in [0.2, 0.25) is 0 Å². The van der Waals surface area contributed by atoms with E-state index in [4.69, 9.17) is 4.98 Å². The Morgan fingerprint density at radius 2 is 1.93 bits per heavy atom. The number of halogens is 1. The van der Waals surface area contributed by atoms with E-state index < -0.39 is 0 Å². The minimum atomic E-state index is -0.237. The smallest absolute Gasteiger partial charge is 0.227 e. The number of nitrogens with zero attached hydrogens (tertiary/aromatic N) is 3. The summed E-state index contributed by atoms with van der Waals surface area (Å²) in [6.45, 7) is 0.758. The molecule has 0 bridgehead atoms. The molecule has 1 saturated heterocycles. The molecule has 0 radical (unpaired) electrons. The maximum absolute atomic E-state index is 13.1. The number of aromatic nitrogens is 2. The van der Waals surface area contributed by atoms with Crippen LogP contribution in [0.15, 0.2) is 67.0 Å². The number of hydrogen-bond donors (Lipinski definition) is 0. The highest BCUT2D eigenvalue weighted by Gasteiger charge is 2.30. The Bertz CT molecular complexity index is 944. The average Bonchev–Trinajstić information content (AvgIpc) is 3.21. The van der Waals surface area contributed by atoms with E-state index in [0.717, 1.165) is 41.9 Å². The van der Waals surface area contributed by atoms with Crippen LogP contribution < -0.4 is 0 Å². The molecule has 1 aliphatic heterocycles. The first-order valence-corrected chi connectivity index (χ1v) is 9.58. The number of benzene rings is 1. The molecule has 3 heterocycles. The van der Waals surface area contributed by atoms with Gasteiger partial charge in [-0.1, -0.05) is 24.3 Å². The molecule has 1 fully saturated rings. The van der Waals surface area contributed by atoms with E-state index in [2.05, 4.69) is 4.98 Å². The highest BCUT2D eigenvalue weighted by atomic mass is 19.1. The predicted molar refractivity (Wildman–Crippen MR) is 105 cm³/mol. The summed E-state index contributed by atoms with van der Waals surface area (Å²) in [6, 6.07) is 16.2. The van der Waals surface area contributed by atoms with Crippen LogP contribution in [-0.2, 0) is 17.6 Å². The first-order chi connectivity index (χ1) is 13.7. The zero-order valence-corrected chi connectivity index (χ0v) is 15.6. The standard InChI is InChI=1S/C23H22FN3O/c24-19-10-8-17(9-11-19)14-20-5-1-6-21(26-20)22-7-3-13-27(22)23(28)15-18-4-2-12-25-16-18/h1-2,4-6,8-12,16,22H,3,7,13-15H2/t22-/m1/s1. The number of amides is 1. The Hall–Kier alpha value is -3.08. The molecule has 4 nitrogen and oxygen atoms in total. The average molecular weight is 375 g/mol. The lowest BCUT2D eigenvalue weighted by Crippen LogP contribution is -2.32. The number of pyridine rings is 2. The van der Waals surface area contributed by atoms with Gasteiger partial charge in [0.15, 0.2) is 0 Å². The highest BCUT2D eigenvalue weighted by Crippen LogP contribution is 2.31. The first-order valence-electron chi connectivity index (χ1n) is 9.58. The predicted octanol–water partition coefficient (Wildman–Crippen LogP) is 4.11. The van der Waals surface area contributed by atoms with Crippen LogP contribution in [0.25, 0.3) is 0 Å². The van der Waals surface area contributed by atoms with E-state index in [9.17, 15) is 9.18 Å². The second-order valence-electron chi connectivity index (χ2n) is 7.14. The molecule has 142 valence electrons. The van der Waals surface area contributed by atoms with Gasteiger partial charge in [-0.25, -0.2) is 4.39 Å². The van der Waals surface area contributed by atoms with Crippen LogP contribution >= 0.6 is 0 Å². The fourth-order valence-corrected chi connectivity index (χ4v) is 3.75. The van der Waals surface area contributed by atoms with E-state index in [0.29, 0.717) is 12.8 Å². The molecule has 4 rings (SSSR count). The van der Waals surface area contributed by atoms with Crippen molar-refractivity contribution in [2.45, 2.75) is 31.7 Å². The van der Waals surface area contributed by atoms with Crippen LogP contribution in [0.4, 0.5) is 4.39 Å². The van der Waals surface area contributed by atoms with E-state index in [-0.39, 0.29) is 17.8 Å². The molecule has 1 atom stereocenters. The molecule has 3 aromatic rings. The fourth-order valence-electron chi connectivity index (χ4n) is 3.75. The normalized spacial score (nSPS) is 16.3. The SMILES string of the molecule is O=C(Cc1cccnc1)N1CCC[C@@H]1c1cccc(Cc2ccc(F)cc2)n1. The van der Waals surface area contributed by atoms with Crippen molar-refractivity contribution in [3.63, 3.8) is 0 Å². The lowest BCUT2D eigenvalue weighted by molar-refractivity contribution is -0.131. The maximum atomic E-state index is 13.1. The second kappa shape index (κ2) is 8.30. The van der Waals surface area contributed by atoms with Gasteiger partial charge in [0.05, 0.1) is 18.2 Å². The summed E-state index contributed by atoms with van der Waals surface area (Å²) < 4.78 is 13.1. The van der Waals surface area contributed by atoms with Crippen molar-refractivity contribution in [1.29, 1.82) is 0 Å². The number of rotatable bonds is 5. The monoisotopic (exact) mass is 375 g/mol. The third-order valence-corrected chi connectivity index (χ3v) is 5.12. The van der Waals surface area contributed by atoms with Crippen molar-refractivity contribution in [3.05, 3.63) is 95.3 Å². The van der Waals surface area contributed by atoms with Gasteiger partial charge in [0.25, 0.3) is 0 Å². The Morgan fingerprint density at radius 3 is 2.71 bits per heavy atom. The van der Waals surface area contributed by atoms with E-state index in [1.165, 1.54) is 12.1 Å². The van der Waals surface area contributed by atoms with Crippen molar-refractivity contribution >= 4 is 5.91 Å². The van der Waals surface area contributed by atoms with Gasteiger partial charge in [0, 0.05) is 31.1 Å². The topological polar surface area (TPSA) is 46.1 Å². The van der Waals surface area contributed by atoms with Crippen molar-refractivity contribution in [3.8, 4) is 0 Å². The molecule has 0 unspecified atom stereocenters. The number of likely N-dealkylation sites (tertiary alicyclic amines) is 1. The Labute approximate surface area is 164 Å². The van der Waals surface area contributed by atoms with Gasteiger partial charge in [0.1, 0.15) is 5.82 Å². The Morgan fingerprint density at radius 1 is 1.07 bits per heavy atom. The molecule has 0 saturated carbocycles.